The quantitative estimate of drug-likeness (QED) is 0.756. The van der Waals surface area contributed by atoms with E-state index in [9.17, 15) is 5.26 Å². The number of hydrogen-bond donors (Lipinski definition) is 2. The Bertz CT molecular complexity index is 370. The van der Waals surface area contributed by atoms with E-state index in [-0.39, 0.29) is 6.61 Å². The first kappa shape index (κ1) is 10.2. The van der Waals surface area contributed by atoms with E-state index >= 15 is 0 Å². The minimum atomic E-state index is -0.508. The van der Waals surface area contributed by atoms with E-state index in [0.717, 1.165) is 12.8 Å². The molecule has 0 heterocycles. The molecule has 0 amide bonds. The molecule has 0 saturated heterocycles. The second kappa shape index (κ2) is 4.01. The molecule has 1 aliphatic rings. The van der Waals surface area contributed by atoms with Crippen molar-refractivity contribution in [2.45, 2.75) is 18.4 Å². The Hall–Kier alpha value is -1.37. The number of rotatable bonds is 3. The molecular weight excluding hydrogens is 188 g/mol. The first-order valence-corrected chi connectivity index (χ1v) is 5.13. The molecule has 1 aromatic carbocycles. The van der Waals surface area contributed by atoms with Crippen molar-refractivity contribution in [3.05, 3.63) is 35.4 Å². The monoisotopic (exact) mass is 202 g/mol. The van der Waals surface area contributed by atoms with Crippen molar-refractivity contribution in [3.8, 4) is 6.07 Å². The summed E-state index contributed by atoms with van der Waals surface area (Å²) in [5.74, 6) is 0. The fourth-order valence-corrected chi connectivity index (χ4v) is 2.15. The van der Waals surface area contributed by atoms with Gasteiger partial charge < -0.3 is 5.11 Å². The third kappa shape index (κ3) is 1.87. The van der Waals surface area contributed by atoms with Gasteiger partial charge in [0.15, 0.2) is 0 Å². The molecule has 0 saturated carbocycles. The molecule has 15 heavy (non-hydrogen) atoms. The third-order valence-electron chi connectivity index (χ3n) is 2.89. The molecule has 0 spiro atoms. The predicted molar refractivity (Wildman–Crippen MR) is 57.3 cm³/mol. The van der Waals surface area contributed by atoms with Gasteiger partial charge in [-0.3, -0.25) is 5.32 Å². The Morgan fingerprint density at radius 3 is 2.40 bits per heavy atom. The molecule has 78 valence electrons. The highest BCUT2D eigenvalue weighted by atomic mass is 16.3. The fraction of sp³-hybridized carbons (Fsp3) is 0.417. The topological polar surface area (TPSA) is 56.0 Å². The van der Waals surface area contributed by atoms with Gasteiger partial charge in [0.05, 0.1) is 12.7 Å². The van der Waals surface area contributed by atoms with E-state index < -0.39 is 5.54 Å². The molecule has 0 atom stereocenters. The molecule has 1 aromatic rings. The van der Waals surface area contributed by atoms with E-state index in [4.69, 9.17) is 5.11 Å². The van der Waals surface area contributed by atoms with Crippen molar-refractivity contribution in [3.63, 3.8) is 0 Å². The minimum Gasteiger partial charge on any atom is -0.395 e. The van der Waals surface area contributed by atoms with Gasteiger partial charge >= 0.3 is 0 Å². The highest BCUT2D eigenvalue weighted by Crippen LogP contribution is 2.29. The van der Waals surface area contributed by atoms with E-state index in [1.54, 1.807) is 0 Å². The van der Waals surface area contributed by atoms with Crippen LogP contribution in [0.1, 0.15) is 11.1 Å². The van der Waals surface area contributed by atoms with Gasteiger partial charge in [0.1, 0.15) is 5.54 Å². The van der Waals surface area contributed by atoms with E-state index in [0.29, 0.717) is 6.54 Å². The van der Waals surface area contributed by atoms with Crippen LogP contribution in [0.2, 0.25) is 0 Å². The van der Waals surface area contributed by atoms with Crippen molar-refractivity contribution in [1.29, 1.82) is 5.26 Å². The zero-order valence-electron chi connectivity index (χ0n) is 8.53. The molecule has 2 rings (SSSR count). The second-order valence-corrected chi connectivity index (χ2v) is 3.97. The van der Waals surface area contributed by atoms with Gasteiger partial charge in [-0.1, -0.05) is 24.3 Å². The summed E-state index contributed by atoms with van der Waals surface area (Å²) in [5, 5.41) is 21.1. The molecule has 3 nitrogen and oxygen atoms in total. The summed E-state index contributed by atoms with van der Waals surface area (Å²) in [5.41, 5.74) is 1.97. The highest BCUT2D eigenvalue weighted by Gasteiger charge is 2.36. The third-order valence-corrected chi connectivity index (χ3v) is 2.89. The number of β-amino-alcohol motifs (C(OH)–C–C–N with tert-alkyl or cyclic N) is 1. The number of benzene rings is 1. The van der Waals surface area contributed by atoms with E-state index in [1.165, 1.54) is 11.1 Å². The van der Waals surface area contributed by atoms with Crippen LogP contribution in [0.4, 0.5) is 0 Å². The maximum absolute atomic E-state index is 9.22. The average molecular weight is 202 g/mol. The van der Waals surface area contributed by atoms with Crippen LogP contribution in [0.25, 0.3) is 0 Å². The Balaban J connectivity index is 2.19. The first-order chi connectivity index (χ1) is 7.29. The Morgan fingerprint density at radius 2 is 1.93 bits per heavy atom. The number of aliphatic hydroxyl groups is 1. The Kier molecular flexibility index (Phi) is 2.72. The number of nitrogens with one attached hydrogen (secondary N) is 1. The van der Waals surface area contributed by atoms with Crippen molar-refractivity contribution < 1.29 is 5.11 Å². The molecular formula is C12H14N2O. The van der Waals surface area contributed by atoms with Crippen LogP contribution in [0, 0.1) is 11.3 Å². The number of nitrogens with zero attached hydrogens (tertiary/aromatic N) is 1. The zero-order valence-corrected chi connectivity index (χ0v) is 8.53. The van der Waals surface area contributed by atoms with Gasteiger partial charge in [0, 0.05) is 19.4 Å². The number of fused-ring (bicyclic) bond motifs is 1. The van der Waals surface area contributed by atoms with E-state index in [2.05, 4.69) is 23.5 Å². The number of nitriles is 1. The lowest BCUT2D eigenvalue weighted by Crippen LogP contribution is -2.46. The summed E-state index contributed by atoms with van der Waals surface area (Å²) in [4.78, 5) is 0. The molecule has 0 aliphatic heterocycles. The molecule has 0 bridgehead atoms. The van der Waals surface area contributed by atoms with Crippen LogP contribution in [0.5, 0.6) is 0 Å². The van der Waals surface area contributed by atoms with Crippen LogP contribution >= 0.6 is 0 Å². The minimum absolute atomic E-state index is 0.0692. The van der Waals surface area contributed by atoms with Gasteiger partial charge in [-0.15, -0.1) is 0 Å². The van der Waals surface area contributed by atoms with Gasteiger partial charge in [0.25, 0.3) is 0 Å². The molecule has 0 aromatic heterocycles. The lowest BCUT2D eigenvalue weighted by Gasteiger charge is -2.21. The van der Waals surface area contributed by atoms with Crippen LogP contribution in [-0.4, -0.2) is 23.8 Å². The number of hydrogen-bond acceptors (Lipinski definition) is 3. The molecule has 0 fully saturated rings. The summed E-state index contributed by atoms with van der Waals surface area (Å²) in [6, 6.07) is 10.5. The lowest BCUT2D eigenvalue weighted by molar-refractivity contribution is 0.273. The maximum atomic E-state index is 9.22. The molecule has 3 heteroatoms. The average Bonchev–Trinajstić information content (AvgIpc) is 2.65. The Labute approximate surface area is 89.4 Å². The molecule has 0 unspecified atom stereocenters. The molecule has 0 radical (unpaired) electrons. The second-order valence-electron chi connectivity index (χ2n) is 3.97. The number of aliphatic hydroxyl groups excluding tert-OH is 1. The standard InChI is InChI=1S/C12H14N2O/c13-9-12(14-5-6-15)7-10-3-1-2-4-11(10)8-12/h1-4,14-15H,5-8H2. The summed E-state index contributed by atoms with van der Waals surface area (Å²) in [7, 11) is 0. The van der Waals surface area contributed by atoms with Crippen LogP contribution in [0.15, 0.2) is 24.3 Å². The van der Waals surface area contributed by atoms with Gasteiger partial charge in [-0.05, 0) is 11.1 Å². The van der Waals surface area contributed by atoms with Gasteiger partial charge in [-0.25, -0.2) is 0 Å². The zero-order chi connectivity index (χ0) is 10.7. The van der Waals surface area contributed by atoms with Gasteiger partial charge in [-0.2, -0.15) is 5.26 Å². The maximum Gasteiger partial charge on any atom is 0.114 e. The van der Waals surface area contributed by atoms with Crippen molar-refractivity contribution in [2.24, 2.45) is 0 Å². The van der Waals surface area contributed by atoms with Crippen molar-refractivity contribution in [2.75, 3.05) is 13.2 Å². The van der Waals surface area contributed by atoms with Crippen LogP contribution in [0.3, 0.4) is 0 Å². The smallest absolute Gasteiger partial charge is 0.114 e. The normalized spacial score (nSPS) is 17.1. The van der Waals surface area contributed by atoms with Crippen molar-refractivity contribution >= 4 is 0 Å². The predicted octanol–water partition coefficient (Wildman–Crippen LogP) is 0.629. The lowest BCUT2D eigenvalue weighted by atomic mass is 9.98. The van der Waals surface area contributed by atoms with E-state index in [1.807, 2.05) is 12.1 Å². The molecule has 2 N–H and O–H groups in total. The Morgan fingerprint density at radius 1 is 1.33 bits per heavy atom. The summed E-state index contributed by atoms with van der Waals surface area (Å²) < 4.78 is 0. The summed E-state index contributed by atoms with van der Waals surface area (Å²) in [6.45, 7) is 0.543. The molecule has 1 aliphatic carbocycles. The largest absolute Gasteiger partial charge is 0.395 e. The van der Waals surface area contributed by atoms with Crippen LogP contribution in [-0.2, 0) is 12.8 Å². The highest BCUT2D eigenvalue weighted by molar-refractivity contribution is 5.39. The fourth-order valence-electron chi connectivity index (χ4n) is 2.15. The van der Waals surface area contributed by atoms with Gasteiger partial charge in [0.2, 0.25) is 0 Å². The first-order valence-electron chi connectivity index (χ1n) is 5.13. The summed E-state index contributed by atoms with van der Waals surface area (Å²) in [6.07, 6.45) is 1.47. The SMILES string of the molecule is N#CC1(NCCO)Cc2ccccc2C1. The van der Waals surface area contributed by atoms with Crippen molar-refractivity contribution in [1.82, 2.24) is 5.32 Å². The van der Waals surface area contributed by atoms with Crippen LogP contribution < -0.4 is 5.32 Å². The summed E-state index contributed by atoms with van der Waals surface area (Å²) >= 11 is 0.